The minimum atomic E-state index is -0.429. The zero-order valence-corrected chi connectivity index (χ0v) is 21.8. The first-order valence-electron chi connectivity index (χ1n) is 12.8. The molecular formula is C27H31N7O4. The average molecular weight is 518 g/mol. The Kier molecular flexibility index (Phi) is 6.46. The maximum atomic E-state index is 13.5. The summed E-state index contributed by atoms with van der Waals surface area (Å²) in [4.78, 5) is 21.3. The Labute approximate surface area is 219 Å². The molecule has 198 valence electrons. The lowest BCUT2D eigenvalue weighted by atomic mass is 10.0. The second-order valence-corrected chi connectivity index (χ2v) is 9.82. The first kappa shape index (κ1) is 24.4. The summed E-state index contributed by atoms with van der Waals surface area (Å²) in [6, 6.07) is 11.8. The van der Waals surface area contributed by atoms with Crippen molar-refractivity contribution in [2.24, 2.45) is 0 Å². The summed E-state index contributed by atoms with van der Waals surface area (Å²) in [5.41, 5.74) is 4.86. The lowest BCUT2D eigenvalue weighted by Crippen LogP contribution is -2.49. The Bertz CT molecular complexity index is 1520. The minimum absolute atomic E-state index is 0.171. The average Bonchev–Trinajstić information content (AvgIpc) is 3.58. The van der Waals surface area contributed by atoms with E-state index in [2.05, 4.69) is 62.4 Å². The minimum Gasteiger partial charge on any atom is -0.454 e. The van der Waals surface area contributed by atoms with Gasteiger partial charge in [-0.2, -0.15) is 0 Å². The van der Waals surface area contributed by atoms with Gasteiger partial charge in [-0.3, -0.25) is 9.69 Å². The molecule has 0 saturated carbocycles. The Morgan fingerprint density at radius 3 is 2.63 bits per heavy atom. The Morgan fingerprint density at radius 1 is 1.05 bits per heavy atom. The summed E-state index contributed by atoms with van der Waals surface area (Å²) in [6.07, 6.45) is 0. The molecule has 11 nitrogen and oxygen atoms in total. The number of benzene rings is 2. The highest BCUT2D eigenvalue weighted by Crippen LogP contribution is 2.36. The van der Waals surface area contributed by atoms with Crippen LogP contribution >= 0.6 is 0 Å². The van der Waals surface area contributed by atoms with Crippen molar-refractivity contribution in [1.29, 1.82) is 0 Å². The number of methoxy groups -OCH3 is 1. The van der Waals surface area contributed by atoms with Crippen LogP contribution in [0.5, 0.6) is 11.5 Å². The zero-order valence-electron chi connectivity index (χ0n) is 21.8. The second-order valence-electron chi connectivity index (χ2n) is 9.82. The van der Waals surface area contributed by atoms with Gasteiger partial charge in [-0.1, -0.05) is 12.1 Å². The molecule has 1 saturated heterocycles. The predicted molar refractivity (Wildman–Crippen MR) is 142 cm³/mol. The van der Waals surface area contributed by atoms with Gasteiger partial charge in [0.1, 0.15) is 6.04 Å². The number of nitrogens with one attached hydrogen (secondary N) is 1. The number of tetrazole rings is 1. The number of rotatable bonds is 7. The van der Waals surface area contributed by atoms with Crippen LogP contribution in [0.4, 0.5) is 5.69 Å². The second kappa shape index (κ2) is 10.1. The topological polar surface area (TPSA) is 111 Å². The molecule has 2 aliphatic heterocycles. The summed E-state index contributed by atoms with van der Waals surface area (Å²) in [6.45, 7) is 8.52. The summed E-state index contributed by atoms with van der Waals surface area (Å²) in [7, 11) is 1.65. The molecule has 0 bridgehead atoms. The number of ether oxygens (including phenoxy) is 3. The van der Waals surface area contributed by atoms with E-state index in [1.807, 2.05) is 18.2 Å². The molecule has 1 N–H and O–H groups in total. The highest BCUT2D eigenvalue weighted by Gasteiger charge is 2.33. The number of hydrogen-bond donors (Lipinski definition) is 1. The third-order valence-electron chi connectivity index (χ3n) is 7.36. The lowest BCUT2D eigenvalue weighted by molar-refractivity contribution is 0.171. The summed E-state index contributed by atoms with van der Waals surface area (Å²) in [5.74, 6) is 1.91. The fraction of sp³-hybridized carbons (Fsp3) is 0.407. The fourth-order valence-electron chi connectivity index (χ4n) is 5.34. The van der Waals surface area contributed by atoms with Crippen molar-refractivity contribution in [3.8, 4) is 11.5 Å². The number of aromatic nitrogens is 5. The van der Waals surface area contributed by atoms with Crippen molar-refractivity contribution in [1.82, 2.24) is 30.1 Å². The Balaban J connectivity index is 1.38. The van der Waals surface area contributed by atoms with Crippen LogP contribution in [-0.4, -0.2) is 76.8 Å². The van der Waals surface area contributed by atoms with Gasteiger partial charge in [0, 0.05) is 56.0 Å². The van der Waals surface area contributed by atoms with Crippen molar-refractivity contribution in [3.05, 3.63) is 69.3 Å². The molecule has 38 heavy (non-hydrogen) atoms. The monoisotopic (exact) mass is 517 g/mol. The number of aryl methyl sites for hydroxylation is 2. The molecule has 1 unspecified atom stereocenters. The molecule has 2 aromatic carbocycles. The van der Waals surface area contributed by atoms with E-state index >= 15 is 0 Å². The molecule has 0 amide bonds. The van der Waals surface area contributed by atoms with Gasteiger partial charge in [-0.05, 0) is 53.6 Å². The predicted octanol–water partition coefficient (Wildman–Crippen LogP) is 2.42. The molecule has 0 radical (unpaired) electrons. The third-order valence-corrected chi connectivity index (χ3v) is 7.36. The first-order chi connectivity index (χ1) is 18.5. The maximum absolute atomic E-state index is 13.5. The standard InChI is InChI=1S/C27H31N7O4/c1-17-4-5-18(2)22(12-17)32-6-8-33(9-7-32)25(26-29-30-31-34(26)10-11-36-3)20-13-19-14-23-24(38-16-37-23)15-21(19)28-27(20)35/h4-5,12-15,25H,6-11,16H2,1-3H3,(H,28,35). The molecule has 1 atom stereocenters. The molecule has 11 heteroatoms. The maximum Gasteiger partial charge on any atom is 0.253 e. The molecule has 4 heterocycles. The number of piperazine rings is 1. The normalized spacial score (nSPS) is 16.3. The molecule has 4 aromatic rings. The van der Waals surface area contributed by atoms with Crippen molar-refractivity contribution in [2.75, 3.05) is 51.6 Å². The molecule has 2 aliphatic rings. The highest BCUT2D eigenvalue weighted by atomic mass is 16.7. The van der Waals surface area contributed by atoms with Gasteiger partial charge < -0.3 is 24.1 Å². The number of H-pyrrole nitrogens is 1. The summed E-state index contributed by atoms with van der Waals surface area (Å²) < 4.78 is 18.1. The quantitative estimate of drug-likeness (QED) is 0.395. The third kappa shape index (κ3) is 4.48. The fourth-order valence-corrected chi connectivity index (χ4v) is 5.34. The van der Waals surface area contributed by atoms with Gasteiger partial charge in [-0.15, -0.1) is 5.10 Å². The molecule has 2 aromatic heterocycles. The van der Waals surface area contributed by atoms with Crippen LogP contribution in [0.25, 0.3) is 10.9 Å². The van der Waals surface area contributed by atoms with Gasteiger partial charge in [0.2, 0.25) is 6.79 Å². The first-order valence-corrected chi connectivity index (χ1v) is 12.8. The highest BCUT2D eigenvalue weighted by molar-refractivity contribution is 5.83. The van der Waals surface area contributed by atoms with E-state index in [4.69, 9.17) is 14.2 Å². The molecule has 6 rings (SSSR count). The van der Waals surface area contributed by atoms with Gasteiger partial charge in [0.15, 0.2) is 17.3 Å². The number of aromatic amines is 1. The smallest absolute Gasteiger partial charge is 0.253 e. The number of nitrogens with zero attached hydrogens (tertiary/aromatic N) is 6. The van der Waals surface area contributed by atoms with Crippen LogP contribution in [0.15, 0.2) is 41.2 Å². The van der Waals surface area contributed by atoms with Crippen molar-refractivity contribution >= 4 is 16.6 Å². The SMILES string of the molecule is COCCn1nnnc1C(c1cc2cc3c(cc2[nH]c1=O)OCO3)N1CCN(c2cc(C)ccc2C)CC1. The summed E-state index contributed by atoms with van der Waals surface area (Å²) in [5, 5.41) is 13.4. The van der Waals surface area contributed by atoms with Crippen LogP contribution in [0, 0.1) is 13.8 Å². The van der Waals surface area contributed by atoms with Gasteiger partial charge >= 0.3 is 0 Å². The van der Waals surface area contributed by atoms with E-state index in [1.165, 1.54) is 16.8 Å². The Hall–Kier alpha value is -3.96. The van der Waals surface area contributed by atoms with Gasteiger partial charge in [0.25, 0.3) is 5.56 Å². The zero-order chi connectivity index (χ0) is 26.2. The number of hydrogen-bond acceptors (Lipinski definition) is 9. The van der Waals surface area contributed by atoms with Crippen LogP contribution < -0.4 is 19.9 Å². The Morgan fingerprint density at radius 2 is 1.84 bits per heavy atom. The number of pyridine rings is 1. The molecule has 0 spiro atoms. The van der Waals surface area contributed by atoms with Gasteiger partial charge in [0.05, 0.1) is 18.7 Å². The summed E-state index contributed by atoms with van der Waals surface area (Å²) >= 11 is 0. The van der Waals surface area contributed by atoms with Crippen LogP contribution in [0.2, 0.25) is 0 Å². The van der Waals surface area contributed by atoms with Crippen molar-refractivity contribution < 1.29 is 14.2 Å². The van der Waals surface area contributed by atoms with Gasteiger partial charge in [-0.25, -0.2) is 4.68 Å². The number of fused-ring (bicyclic) bond motifs is 2. The molecule has 1 fully saturated rings. The van der Waals surface area contributed by atoms with E-state index in [0.29, 0.717) is 41.6 Å². The van der Waals surface area contributed by atoms with Crippen molar-refractivity contribution in [2.45, 2.75) is 26.4 Å². The van der Waals surface area contributed by atoms with Crippen LogP contribution in [0.3, 0.4) is 0 Å². The molecular weight excluding hydrogens is 486 g/mol. The van der Waals surface area contributed by atoms with Crippen LogP contribution in [-0.2, 0) is 11.3 Å². The largest absolute Gasteiger partial charge is 0.454 e. The van der Waals surface area contributed by atoms with E-state index in [-0.39, 0.29) is 12.4 Å². The van der Waals surface area contributed by atoms with E-state index in [0.717, 1.165) is 31.6 Å². The van der Waals surface area contributed by atoms with Crippen LogP contribution in [0.1, 0.15) is 28.6 Å². The van der Waals surface area contributed by atoms with E-state index < -0.39 is 6.04 Å². The number of anilines is 1. The van der Waals surface area contributed by atoms with E-state index in [9.17, 15) is 4.79 Å². The van der Waals surface area contributed by atoms with E-state index in [1.54, 1.807) is 11.8 Å². The molecule has 0 aliphatic carbocycles. The lowest BCUT2D eigenvalue weighted by Gasteiger charge is -2.40. The van der Waals surface area contributed by atoms with Crippen molar-refractivity contribution in [3.63, 3.8) is 0 Å².